The molecule has 3 rings (SSSR count). The van der Waals surface area contributed by atoms with E-state index in [0.29, 0.717) is 17.9 Å². The van der Waals surface area contributed by atoms with Crippen molar-refractivity contribution in [3.8, 4) is 11.5 Å². The number of halogens is 1. The van der Waals surface area contributed by atoms with Gasteiger partial charge in [-0.15, -0.1) is 0 Å². The highest BCUT2D eigenvalue weighted by Gasteiger charge is 2.17. The van der Waals surface area contributed by atoms with Crippen molar-refractivity contribution in [2.75, 3.05) is 0 Å². The Balaban J connectivity index is 1.47. The Morgan fingerprint density at radius 1 is 1.13 bits per heavy atom. The van der Waals surface area contributed by atoms with E-state index in [1.54, 1.807) is 36.5 Å². The predicted octanol–water partition coefficient (Wildman–Crippen LogP) is 2.37. The number of ether oxygens (including phenoxy) is 2. The van der Waals surface area contributed by atoms with E-state index in [-0.39, 0.29) is 5.75 Å². The standard InChI is InChI=1S/C21H21FN4O4/c1-14(30-18-6-4-3-5-17(18)22)20(27)24-25-21(28)15-7-9-16(10-8-15)29-13-19-23-11-12-26(19)2/h3-12,14H,13H2,1-2H3,(H,24,27)(H,25,28)/t14-/m0/s1. The number of para-hydroxylation sites is 1. The molecule has 0 saturated carbocycles. The number of benzene rings is 2. The van der Waals surface area contributed by atoms with Gasteiger partial charge >= 0.3 is 0 Å². The number of hydrogen-bond acceptors (Lipinski definition) is 5. The van der Waals surface area contributed by atoms with Crippen molar-refractivity contribution in [1.29, 1.82) is 0 Å². The molecule has 30 heavy (non-hydrogen) atoms. The van der Waals surface area contributed by atoms with E-state index in [2.05, 4.69) is 15.8 Å². The lowest BCUT2D eigenvalue weighted by Crippen LogP contribution is -2.47. The molecule has 2 aromatic carbocycles. The smallest absolute Gasteiger partial charge is 0.279 e. The van der Waals surface area contributed by atoms with Gasteiger partial charge in [0, 0.05) is 25.0 Å². The molecule has 1 aromatic heterocycles. The van der Waals surface area contributed by atoms with Crippen molar-refractivity contribution in [3.05, 3.63) is 78.1 Å². The van der Waals surface area contributed by atoms with Crippen LogP contribution < -0.4 is 20.3 Å². The number of hydrazine groups is 1. The molecule has 0 aliphatic heterocycles. The summed E-state index contributed by atoms with van der Waals surface area (Å²) in [6.45, 7) is 1.74. The van der Waals surface area contributed by atoms with Crippen molar-refractivity contribution in [1.82, 2.24) is 20.4 Å². The molecule has 1 atom stereocenters. The van der Waals surface area contributed by atoms with E-state index < -0.39 is 23.7 Å². The van der Waals surface area contributed by atoms with Crippen molar-refractivity contribution in [3.63, 3.8) is 0 Å². The summed E-state index contributed by atoms with van der Waals surface area (Å²) in [6.07, 6.45) is 2.50. The number of carbonyl (C=O) groups excluding carboxylic acids is 2. The van der Waals surface area contributed by atoms with Crippen LogP contribution in [0.1, 0.15) is 23.1 Å². The molecular weight excluding hydrogens is 391 g/mol. The van der Waals surface area contributed by atoms with Crippen LogP contribution in [0.4, 0.5) is 4.39 Å². The van der Waals surface area contributed by atoms with E-state index in [0.717, 1.165) is 5.82 Å². The molecular formula is C21H21FN4O4. The maximum atomic E-state index is 13.6. The summed E-state index contributed by atoms with van der Waals surface area (Å²) in [6, 6.07) is 12.2. The lowest BCUT2D eigenvalue weighted by molar-refractivity contribution is -0.128. The van der Waals surface area contributed by atoms with Crippen molar-refractivity contribution >= 4 is 11.8 Å². The molecule has 2 amide bonds. The summed E-state index contributed by atoms with van der Waals surface area (Å²) in [4.78, 5) is 28.4. The highest BCUT2D eigenvalue weighted by atomic mass is 19.1. The SMILES string of the molecule is C[C@H](Oc1ccccc1F)C(=O)NNC(=O)c1ccc(OCc2nccn2C)cc1. The molecule has 8 nitrogen and oxygen atoms in total. The number of aryl methyl sites for hydroxylation is 1. The van der Waals surface area contributed by atoms with Gasteiger partial charge in [-0.2, -0.15) is 0 Å². The summed E-state index contributed by atoms with van der Waals surface area (Å²) in [5.74, 6) is -0.422. The fourth-order valence-electron chi connectivity index (χ4n) is 2.46. The summed E-state index contributed by atoms with van der Waals surface area (Å²) < 4.78 is 26.3. The minimum atomic E-state index is -1.01. The van der Waals surface area contributed by atoms with Gasteiger partial charge < -0.3 is 14.0 Å². The second-order valence-corrected chi connectivity index (χ2v) is 6.40. The number of imidazole rings is 1. The topological polar surface area (TPSA) is 94.5 Å². The number of aromatic nitrogens is 2. The highest BCUT2D eigenvalue weighted by Crippen LogP contribution is 2.17. The second kappa shape index (κ2) is 9.55. The molecule has 0 spiro atoms. The lowest BCUT2D eigenvalue weighted by atomic mass is 10.2. The van der Waals surface area contributed by atoms with E-state index in [4.69, 9.17) is 9.47 Å². The lowest BCUT2D eigenvalue weighted by Gasteiger charge is -2.15. The van der Waals surface area contributed by atoms with Gasteiger partial charge in [0.2, 0.25) is 0 Å². The zero-order chi connectivity index (χ0) is 21.5. The van der Waals surface area contributed by atoms with E-state index in [1.165, 1.54) is 25.1 Å². The van der Waals surface area contributed by atoms with Gasteiger partial charge in [-0.3, -0.25) is 20.4 Å². The van der Waals surface area contributed by atoms with Crippen molar-refractivity contribution in [2.45, 2.75) is 19.6 Å². The van der Waals surface area contributed by atoms with Crippen LogP contribution in [-0.2, 0) is 18.4 Å². The fraction of sp³-hybridized carbons (Fsp3) is 0.190. The maximum absolute atomic E-state index is 13.6. The van der Waals surface area contributed by atoms with Crippen molar-refractivity contribution in [2.24, 2.45) is 7.05 Å². The number of nitrogens with one attached hydrogen (secondary N) is 2. The predicted molar refractivity (Wildman–Crippen MR) is 106 cm³/mol. The first-order valence-corrected chi connectivity index (χ1v) is 9.14. The van der Waals surface area contributed by atoms with Crippen LogP contribution in [-0.4, -0.2) is 27.5 Å². The molecule has 0 bridgehead atoms. The number of rotatable bonds is 7. The van der Waals surface area contributed by atoms with Crippen LogP contribution in [0.15, 0.2) is 60.9 Å². The van der Waals surface area contributed by atoms with Gasteiger partial charge in [0.15, 0.2) is 17.7 Å². The van der Waals surface area contributed by atoms with Crippen LogP contribution in [0.2, 0.25) is 0 Å². The molecule has 156 valence electrons. The van der Waals surface area contributed by atoms with Crippen molar-refractivity contribution < 1.29 is 23.5 Å². The van der Waals surface area contributed by atoms with E-state index >= 15 is 0 Å². The Hall–Kier alpha value is -3.88. The Kier molecular flexibility index (Phi) is 6.63. The average molecular weight is 412 g/mol. The summed E-state index contributed by atoms with van der Waals surface area (Å²) >= 11 is 0. The zero-order valence-electron chi connectivity index (χ0n) is 16.5. The first-order chi connectivity index (χ1) is 14.4. The minimum absolute atomic E-state index is 0.0485. The van der Waals surface area contributed by atoms with Gasteiger partial charge in [-0.05, 0) is 43.3 Å². The molecule has 9 heteroatoms. The van der Waals surface area contributed by atoms with Gasteiger partial charge in [-0.1, -0.05) is 12.1 Å². The molecule has 0 fully saturated rings. The third-order valence-corrected chi connectivity index (χ3v) is 4.21. The average Bonchev–Trinajstić information content (AvgIpc) is 3.17. The van der Waals surface area contributed by atoms with Crippen LogP contribution >= 0.6 is 0 Å². The quantitative estimate of drug-likeness (QED) is 0.581. The molecule has 1 heterocycles. The maximum Gasteiger partial charge on any atom is 0.279 e. The molecule has 0 radical (unpaired) electrons. The first kappa shape index (κ1) is 20.8. The Morgan fingerprint density at radius 2 is 1.87 bits per heavy atom. The molecule has 0 aliphatic rings. The monoisotopic (exact) mass is 412 g/mol. The summed E-state index contributed by atoms with van der Waals surface area (Å²) in [5.41, 5.74) is 4.87. The number of amides is 2. The molecule has 0 saturated heterocycles. The van der Waals surface area contributed by atoms with Gasteiger partial charge in [0.25, 0.3) is 11.8 Å². The van der Waals surface area contributed by atoms with Crippen LogP contribution in [0.5, 0.6) is 11.5 Å². The minimum Gasteiger partial charge on any atom is -0.486 e. The van der Waals surface area contributed by atoms with Gasteiger partial charge in [0.05, 0.1) is 0 Å². The Bertz CT molecular complexity index is 1020. The summed E-state index contributed by atoms with van der Waals surface area (Å²) in [7, 11) is 1.87. The second-order valence-electron chi connectivity index (χ2n) is 6.40. The zero-order valence-corrected chi connectivity index (χ0v) is 16.5. The summed E-state index contributed by atoms with van der Waals surface area (Å²) in [5, 5.41) is 0. The normalized spacial score (nSPS) is 11.4. The number of nitrogens with zero attached hydrogens (tertiary/aromatic N) is 2. The highest BCUT2D eigenvalue weighted by molar-refractivity contribution is 5.95. The number of carbonyl (C=O) groups is 2. The van der Waals surface area contributed by atoms with Gasteiger partial charge in [0.1, 0.15) is 18.2 Å². The van der Waals surface area contributed by atoms with Gasteiger partial charge in [-0.25, -0.2) is 9.37 Å². The van der Waals surface area contributed by atoms with Crippen LogP contribution in [0.3, 0.4) is 0 Å². The third kappa shape index (κ3) is 5.34. The van der Waals surface area contributed by atoms with Crippen LogP contribution in [0, 0.1) is 5.82 Å². The number of hydrogen-bond donors (Lipinski definition) is 2. The van der Waals surface area contributed by atoms with E-state index in [1.807, 2.05) is 17.8 Å². The molecule has 0 aliphatic carbocycles. The Morgan fingerprint density at radius 3 is 2.53 bits per heavy atom. The molecule has 2 N–H and O–H groups in total. The molecule has 0 unspecified atom stereocenters. The fourth-order valence-corrected chi connectivity index (χ4v) is 2.46. The first-order valence-electron chi connectivity index (χ1n) is 9.14. The largest absolute Gasteiger partial charge is 0.486 e. The Labute approximate surface area is 172 Å². The van der Waals surface area contributed by atoms with E-state index in [9.17, 15) is 14.0 Å². The third-order valence-electron chi connectivity index (χ3n) is 4.21. The molecule has 3 aromatic rings. The van der Waals surface area contributed by atoms with Crippen LogP contribution in [0.25, 0.3) is 0 Å².